The zero-order valence-electron chi connectivity index (χ0n) is 14.0. The summed E-state index contributed by atoms with van der Waals surface area (Å²) in [5, 5.41) is 0. The van der Waals surface area contributed by atoms with Gasteiger partial charge in [-0.2, -0.15) is 0 Å². The quantitative estimate of drug-likeness (QED) is 0.659. The molecule has 20 heavy (non-hydrogen) atoms. The van der Waals surface area contributed by atoms with Crippen LogP contribution in [0.25, 0.3) is 0 Å². The fraction of sp³-hybridized carbons (Fsp3) is 1.00. The van der Waals surface area contributed by atoms with E-state index in [0.717, 1.165) is 19.7 Å². The molecule has 0 aromatic rings. The molecule has 0 amide bonds. The summed E-state index contributed by atoms with van der Waals surface area (Å²) in [4.78, 5) is 2.65. The summed E-state index contributed by atoms with van der Waals surface area (Å²) >= 11 is 0. The SMILES string of the molecule is CCC(CC)N(CCOC)CC1(CN)CCCCCC1. The largest absolute Gasteiger partial charge is 0.383 e. The van der Waals surface area contributed by atoms with Crippen LogP contribution in [0.4, 0.5) is 0 Å². The molecule has 3 heteroatoms. The van der Waals surface area contributed by atoms with Gasteiger partial charge < -0.3 is 10.5 Å². The second-order valence-electron chi connectivity index (χ2n) is 6.55. The van der Waals surface area contributed by atoms with Crippen LogP contribution in [0, 0.1) is 5.41 Å². The molecule has 0 aliphatic heterocycles. The first-order valence-electron chi connectivity index (χ1n) is 8.64. The molecule has 0 spiro atoms. The molecule has 1 saturated carbocycles. The van der Waals surface area contributed by atoms with Crippen molar-refractivity contribution < 1.29 is 4.74 Å². The first-order valence-corrected chi connectivity index (χ1v) is 8.64. The molecule has 1 rings (SSSR count). The first kappa shape index (κ1) is 17.9. The Morgan fingerprint density at radius 1 is 1.10 bits per heavy atom. The van der Waals surface area contributed by atoms with Gasteiger partial charge in [-0.3, -0.25) is 4.90 Å². The number of methoxy groups -OCH3 is 1. The van der Waals surface area contributed by atoms with Gasteiger partial charge in [-0.25, -0.2) is 0 Å². The molecule has 0 atom stereocenters. The van der Waals surface area contributed by atoms with Crippen molar-refractivity contribution in [1.82, 2.24) is 4.90 Å². The molecular weight excluding hydrogens is 248 g/mol. The van der Waals surface area contributed by atoms with Gasteiger partial charge >= 0.3 is 0 Å². The van der Waals surface area contributed by atoms with Crippen LogP contribution in [0.3, 0.4) is 0 Å². The van der Waals surface area contributed by atoms with Gasteiger partial charge in [0.25, 0.3) is 0 Å². The average molecular weight is 284 g/mol. The highest BCUT2D eigenvalue weighted by atomic mass is 16.5. The molecule has 120 valence electrons. The van der Waals surface area contributed by atoms with E-state index in [1.165, 1.54) is 57.9 Å². The maximum atomic E-state index is 6.21. The lowest BCUT2D eigenvalue weighted by Gasteiger charge is -2.40. The van der Waals surface area contributed by atoms with E-state index in [-0.39, 0.29) is 0 Å². The van der Waals surface area contributed by atoms with Crippen LogP contribution in [0.15, 0.2) is 0 Å². The van der Waals surface area contributed by atoms with E-state index in [1.807, 2.05) is 0 Å². The second kappa shape index (κ2) is 9.75. The minimum atomic E-state index is 0.354. The predicted octanol–water partition coefficient (Wildman–Crippen LogP) is 3.42. The number of nitrogens with zero attached hydrogens (tertiary/aromatic N) is 1. The maximum Gasteiger partial charge on any atom is 0.0589 e. The topological polar surface area (TPSA) is 38.5 Å². The normalized spacial score (nSPS) is 19.5. The molecule has 0 unspecified atom stereocenters. The van der Waals surface area contributed by atoms with Crippen molar-refractivity contribution in [3.05, 3.63) is 0 Å². The minimum Gasteiger partial charge on any atom is -0.383 e. The van der Waals surface area contributed by atoms with Gasteiger partial charge in [0.15, 0.2) is 0 Å². The van der Waals surface area contributed by atoms with Crippen LogP contribution in [0.2, 0.25) is 0 Å². The van der Waals surface area contributed by atoms with Gasteiger partial charge in [-0.1, -0.05) is 39.5 Å². The summed E-state index contributed by atoms with van der Waals surface area (Å²) in [6, 6.07) is 0.678. The lowest BCUT2D eigenvalue weighted by Crippen LogP contribution is -2.47. The molecule has 0 saturated heterocycles. The van der Waals surface area contributed by atoms with Crippen molar-refractivity contribution >= 4 is 0 Å². The lowest BCUT2D eigenvalue weighted by molar-refractivity contribution is 0.0653. The van der Waals surface area contributed by atoms with E-state index in [0.29, 0.717) is 11.5 Å². The number of hydrogen-bond donors (Lipinski definition) is 1. The molecule has 1 fully saturated rings. The second-order valence-corrected chi connectivity index (χ2v) is 6.55. The zero-order chi connectivity index (χ0) is 14.8. The van der Waals surface area contributed by atoms with E-state index in [4.69, 9.17) is 10.5 Å². The highest BCUT2D eigenvalue weighted by Crippen LogP contribution is 2.35. The summed E-state index contributed by atoms with van der Waals surface area (Å²) in [6.45, 7) is 8.49. The van der Waals surface area contributed by atoms with E-state index in [9.17, 15) is 0 Å². The molecule has 0 bridgehead atoms. The average Bonchev–Trinajstić information content (AvgIpc) is 2.72. The van der Waals surface area contributed by atoms with Crippen LogP contribution >= 0.6 is 0 Å². The third-order valence-electron chi connectivity index (χ3n) is 5.18. The van der Waals surface area contributed by atoms with Crippen molar-refractivity contribution in [1.29, 1.82) is 0 Å². The Kier molecular flexibility index (Phi) is 8.74. The zero-order valence-corrected chi connectivity index (χ0v) is 14.0. The summed E-state index contributed by atoms with van der Waals surface area (Å²) in [5.41, 5.74) is 6.56. The smallest absolute Gasteiger partial charge is 0.0589 e. The number of rotatable bonds is 9. The summed E-state index contributed by atoms with van der Waals surface area (Å²) in [5.74, 6) is 0. The highest BCUT2D eigenvalue weighted by molar-refractivity contribution is 4.87. The monoisotopic (exact) mass is 284 g/mol. The minimum absolute atomic E-state index is 0.354. The van der Waals surface area contributed by atoms with Crippen LogP contribution < -0.4 is 5.73 Å². The Labute approximate surface area is 126 Å². The molecule has 3 nitrogen and oxygen atoms in total. The maximum absolute atomic E-state index is 6.21. The Morgan fingerprint density at radius 2 is 1.70 bits per heavy atom. The summed E-state index contributed by atoms with van der Waals surface area (Å²) in [7, 11) is 1.80. The summed E-state index contributed by atoms with van der Waals surface area (Å²) < 4.78 is 5.32. The van der Waals surface area contributed by atoms with Crippen LogP contribution in [-0.4, -0.2) is 44.3 Å². The van der Waals surface area contributed by atoms with Crippen LogP contribution in [0.1, 0.15) is 65.2 Å². The van der Waals surface area contributed by atoms with Gasteiger partial charge in [0.2, 0.25) is 0 Å². The Hall–Kier alpha value is -0.120. The van der Waals surface area contributed by atoms with Gasteiger partial charge in [0.05, 0.1) is 6.61 Å². The van der Waals surface area contributed by atoms with E-state index in [1.54, 1.807) is 7.11 Å². The van der Waals surface area contributed by atoms with Crippen LogP contribution in [0.5, 0.6) is 0 Å². The Balaban J connectivity index is 2.72. The molecular formula is C17H36N2O. The highest BCUT2D eigenvalue weighted by Gasteiger charge is 2.33. The van der Waals surface area contributed by atoms with Crippen molar-refractivity contribution in [2.75, 3.05) is 33.4 Å². The molecule has 0 aromatic heterocycles. The molecule has 2 N–H and O–H groups in total. The predicted molar refractivity (Wildman–Crippen MR) is 87.0 cm³/mol. The summed E-state index contributed by atoms with van der Waals surface area (Å²) in [6.07, 6.45) is 10.6. The lowest BCUT2D eigenvalue weighted by atomic mass is 9.79. The molecule has 0 aromatic carbocycles. The van der Waals surface area contributed by atoms with Crippen LogP contribution in [-0.2, 0) is 4.74 Å². The number of ether oxygens (including phenoxy) is 1. The van der Waals surface area contributed by atoms with Crippen molar-refractivity contribution in [2.45, 2.75) is 71.3 Å². The molecule has 1 aliphatic rings. The van der Waals surface area contributed by atoms with Gasteiger partial charge in [0, 0.05) is 26.2 Å². The third kappa shape index (κ3) is 5.34. The van der Waals surface area contributed by atoms with Gasteiger partial charge in [0.1, 0.15) is 0 Å². The van der Waals surface area contributed by atoms with E-state index in [2.05, 4.69) is 18.7 Å². The Morgan fingerprint density at radius 3 is 2.15 bits per heavy atom. The molecule has 0 heterocycles. The number of nitrogens with two attached hydrogens (primary N) is 1. The number of hydrogen-bond acceptors (Lipinski definition) is 3. The van der Waals surface area contributed by atoms with Crippen molar-refractivity contribution in [2.24, 2.45) is 11.1 Å². The van der Waals surface area contributed by atoms with Crippen molar-refractivity contribution in [3.63, 3.8) is 0 Å². The first-order chi connectivity index (χ1) is 9.71. The van der Waals surface area contributed by atoms with E-state index < -0.39 is 0 Å². The van der Waals surface area contributed by atoms with Gasteiger partial charge in [-0.05, 0) is 37.6 Å². The van der Waals surface area contributed by atoms with Gasteiger partial charge in [-0.15, -0.1) is 0 Å². The van der Waals surface area contributed by atoms with E-state index >= 15 is 0 Å². The Bertz CT molecular complexity index is 233. The third-order valence-corrected chi connectivity index (χ3v) is 5.18. The molecule has 0 radical (unpaired) electrons. The van der Waals surface area contributed by atoms with Crippen molar-refractivity contribution in [3.8, 4) is 0 Å². The molecule has 1 aliphatic carbocycles. The fourth-order valence-corrected chi connectivity index (χ4v) is 3.74. The fourth-order valence-electron chi connectivity index (χ4n) is 3.74. The standard InChI is InChI=1S/C17H36N2O/c1-4-16(5-2)19(12-13-20-3)15-17(14-18)10-8-6-7-9-11-17/h16H,4-15,18H2,1-3H3.